The molecule has 0 saturated heterocycles. The lowest BCUT2D eigenvalue weighted by molar-refractivity contribution is -0.0470. The standard InChI is InChI=1S/C17H19F2NO/c1-2-15(20)14-10-6-7-11-16(14)21-12-17(18,19)13-8-4-3-5-9-13/h3-11,15H,2,12,20H2,1H3/t15-/m0/s1. The number of alkyl halides is 2. The Kier molecular flexibility index (Phi) is 4.91. The second-order valence-corrected chi connectivity index (χ2v) is 4.91. The number of halogens is 2. The molecular formula is C17H19F2NO. The third-order valence-electron chi connectivity index (χ3n) is 3.36. The summed E-state index contributed by atoms with van der Waals surface area (Å²) in [6, 6.07) is 14.5. The summed E-state index contributed by atoms with van der Waals surface area (Å²) in [4.78, 5) is 0. The Morgan fingerprint density at radius 2 is 1.67 bits per heavy atom. The Hall–Kier alpha value is -1.94. The van der Waals surface area contributed by atoms with E-state index in [4.69, 9.17) is 10.5 Å². The van der Waals surface area contributed by atoms with E-state index in [1.54, 1.807) is 30.3 Å². The zero-order valence-corrected chi connectivity index (χ0v) is 11.9. The molecule has 2 rings (SSSR count). The molecule has 0 bridgehead atoms. The molecule has 0 amide bonds. The number of nitrogens with two attached hydrogens (primary N) is 1. The van der Waals surface area contributed by atoms with Gasteiger partial charge in [0.1, 0.15) is 5.75 Å². The molecule has 1 atom stereocenters. The van der Waals surface area contributed by atoms with Gasteiger partial charge >= 0.3 is 5.92 Å². The minimum Gasteiger partial charge on any atom is -0.487 e. The smallest absolute Gasteiger partial charge is 0.306 e. The van der Waals surface area contributed by atoms with Gasteiger partial charge in [-0.25, -0.2) is 0 Å². The molecule has 0 fully saturated rings. The maximum atomic E-state index is 14.1. The molecule has 2 aromatic rings. The van der Waals surface area contributed by atoms with Crippen LogP contribution >= 0.6 is 0 Å². The van der Waals surface area contributed by atoms with Crippen LogP contribution in [-0.2, 0) is 5.92 Å². The van der Waals surface area contributed by atoms with Crippen molar-refractivity contribution in [3.8, 4) is 5.75 Å². The highest BCUT2D eigenvalue weighted by Crippen LogP contribution is 2.31. The lowest BCUT2D eigenvalue weighted by Crippen LogP contribution is -2.24. The molecule has 21 heavy (non-hydrogen) atoms. The molecule has 0 aliphatic heterocycles. The van der Waals surface area contributed by atoms with Gasteiger partial charge in [-0.1, -0.05) is 55.5 Å². The average Bonchev–Trinajstić information content (AvgIpc) is 2.53. The minimum absolute atomic E-state index is 0.0535. The van der Waals surface area contributed by atoms with Gasteiger partial charge in [-0.2, -0.15) is 8.78 Å². The Labute approximate surface area is 123 Å². The van der Waals surface area contributed by atoms with Crippen LogP contribution in [0.15, 0.2) is 54.6 Å². The molecule has 0 aliphatic carbocycles. The van der Waals surface area contributed by atoms with Crippen molar-refractivity contribution in [1.82, 2.24) is 0 Å². The van der Waals surface area contributed by atoms with Crippen molar-refractivity contribution in [2.24, 2.45) is 5.73 Å². The van der Waals surface area contributed by atoms with E-state index in [0.717, 1.165) is 12.0 Å². The van der Waals surface area contributed by atoms with E-state index in [-0.39, 0.29) is 11.6 Å². The first-order valence-corrected chi connectivity index (χ1v) is 6.95. The van der Waals surface area contributed by atoms with Gasteiger partial charge in [-0.05, 0) is 12.5 Å². The molecule has 112 valence electrons. The first-order chi connectivity index (χ1) is 10.0. The highest BCUT2D eigenvalue weighted by molar-refractivity contribution is 5.36. The number of ether oxygens (including phenoxy) is 1. The van der Waals surface area contributed by atoms with Crippen LogP contribution in [0.1, 0.15) is 30.5 Å². The molecule has 0 heterocycles. The molecule has 0 aromatic heterocycles. The molecule has 2 N–H and O–H groups in total. The van der Waals surface area contributed by atoms with Crippen LogP contribution in [-0.4, -0.2) is 6.61 Å². The zero-order valence-electron chi connectivity index (χ0n) is 11.9. The highest BCUT2D eigenvalue weighted by Gasteiger charge is 2.32. The van der Waals surface area contributed by atoms with Crippen LogP contribution in [0.25, 0.3) is 0 Å². The van der Waals surface area contributed by atoms with Gasteiger partial charge in [0.15, 0.2) is 6.61 Å². The van der Waals surface area contributed by atoms with Crippen molar-refractivity contribution >= 4 is 0 Å². The summed E-state index contributed by atoms with van der Waals surface area (Å²) in [6.45, 7) is 1.24. The number of rotatable bonds is 6. The molecule has 0 aliphatic rings. The molecule has 0 unspecified atom stereocenters. The summed E-state index contributed by atoms with van der Waals surface area (Å²) in [5, 5.41) is 0. The van der Waals surface area contributed by atoms with Crippen molar-refractivity contribution in [2.45, 2.75) is 25.3 Å². The topological polar surface area (TPSA) is 35.2 Å². The van der Waals surface area contributed by atoms with Gasteiger partial charge in [0.05, 0.1) is 0 Å². The van der Waals surface area contributed by atoms with Gasteiger partial charge < -0.3 is 10.5 Å². The summed E-state index contributed by atoms with van der Waals surface area (Å²) < 4.78 is 33.5. The summed E-state index contributed by atoms with van der Waals surface area (Å²) >= 11 is 0. The average molecular weight is 291 g/mol. The first-order valence-electron chi connectivity index (χ1n) is 6.95. The maximum Gasteiger partial charge on any atom is 0.306 e. The summed E-state index contributed by atoms with van der Waals surface area (Å²) in [5.74, 6) is -2.62. The largest absolute Gasteiger partial charge is 0.487 e. The highest BCUT2D eigenvalue weighted by atomic mass is 19.3. The number of hydrogen-bond donors (Lipinski definition) is 1. The lowest BCUT2D eigenvalue weighted by Gasteiger charge is -2.20. The fourth-order valence-corrected chi connectivity index (χ4v) is 2.07. The number of hydrogen-bond acceptors (Lipinski definition) is 2. The maximum absolute atomic E-state index is 14.1. The van der Waals surface area contributed by atoms with E-state index < -0.39 is 12.5 Å². The molecule has 4 heteroatoms. The van der Waals surface area contributed by atoms with Crippen LogP contribution in [0.3, 0.4) is 0 Å². The Balaban J connectivity index is 2.13. The third kappa shape index (κ3) is 3.79. The van der Waals surface area contributed by atoms with E-state index in [1.807, 2.05) is 19.1 Å². The summed E-state index contributed by atoms with van der Waals surface area (Å²) in [5.41, 5.74) is 6.68. The number of para-hydroxylation sites is 1. The van der Waals surface area contributed by atoms with E-state index in [0.29, 0.717) is 5.75 Å². The zero-order chi connectivity index (χ0) is 15.3. The van der Waals surface area contributed by atoms with Crippen molar-refractivity contribution in [3.05, 3.63) is 65.7 Å². The second-order valence-electron chi connectivity index (χ2n) is 4.91. The van der Waals surface area contributed by atoms with Crippen molar-refractivity contribution < 1.29 is 13.5 Å². The molecule has 0 saturated carbocycles. The van der Waals surface area contributed by atoms with Gasteiger partial charge in [-0.3, -0.25) is 0 Å². The van der Waals surface area contributed by atoms with E-state index in [9.17, 15) is 8.78 Å². The lowest BCUT2D eigenvalue weighted by atomic mass is 10.0. The van der Waals surface area contributed by atoms with Gasteiger partial charge in [0, 0.05) is 17.2 Å². The number of benzene rings is 2. The molecule has 2 aromatic carbocycles. The van der Waals surface area contributed by atoms with E-state index in [2.05, 4.69) is 0 Å². The second kappa shape index (κ2) is 6.68. The Morgan fingerprint density at radius 3 is 2.33 bits per heavy atom. The summed E-state index contributed by atoms with van der Waals surface area (Å²) in [7, 11) is 0. The fourth-order valence-electron chi connectivity index (χ4n) is 2.07. The molecule has 0 spiro atoms. The van der Waals surface area contributed by atoms with Crippen molar-refractivity contribution in [1.29, 1.82) is 0 Å². The Morgan fingerprint density at radius 1 is 1.05 bits per heavy atom. The predicted octanol–water partition coefficient (Wildman–Crippen LogP) is 4.27. The van der Waals surface area contributed by atoms with Crippen LogP contribution < -0.4 is 10.5 Å². The fraction of sp³-hybridized carbons (Fsp3) is 0.294. The van der Waals surface area contributed by atoms with Crippen LogP contribution in [0, 0.1) is 0 Å². The van der Waals surface area contributed by atoms with Crippen molar-refractivity contribution in [2.75, 3.05) is 6.61 Å². The molecule has 2 nitrogen and oxygen atoms in total. The molecular weight excluding hydrogens is 272 g/mol. The predicted molar refractivity (Wildman–Crippen MR) is 79.5 cm³/mol. The van der Waals surface area contributed by atoms with E-state index in [1.165, 1.54) is 12.1 Å². The van der Waals surface area contributed by atoms with Gasteiger partial charge in [0.25, 0.3) is 0 Å². The van der Waals surface area contributed by atoms with E-state index >= 15 is 0 Å². The SMILES string of the molecule is CC[C@H](N)c1ccccc1OCC(F)(F)c1ccccc1. The monoisotopic (exact) mass is 291 g/mol. The first kappa shape index (κ1) is 15.4. The van der Waals surface area contributed by atoms with Crippen LogP contribution in [0.4, 0.5) is 8.78 Å². The minimum atomic E-state index is -3.04. The van der Waals surface area contributed by atoms with Gasteiger partial charge in [-0.15, -0.1) is 0 Å². The van der Waals surface area contributed by atoms with Crippen molar-refractivity contribution in [3.63, 3.8) is 0 Å². The normalized spacial score (nSPS) is 13.0. The summed E-state index contributed by atoms with van der Waals surface area (Å²) in [6.07, 6.45) is 0.718. The third-order valence-corrected chi connectivity index (χ3v) is 3.36. The van der Waals surface area contributed by atoms with Gasteiger partial charge in [0.2, 0.25) is 0 Å². The Bertz CT molecular complexity index is 572. The van der Waals surface area contributed by atoms with Crippen LogP contribution in [0.2, 0.25) is 0 Å². The molecule has 0 radical (unpaired) electrons. The van der Waals surface area contributed by atoms with Crippen LogP contribution in [0.5, 0.6) is 5.75 Å². The quantitative estimate of drug-likeness (QED) is 0.862.